The Morgan fingerprint density at radius 3 is 2.46 bits per heavy atom. The Hall–Kier alpha value is -2.77. The summed E-state index contributed by atoms with van der Waals surface area (Å²) in [5.74, 6) is 1.08. The number of guanidine groups is 1. The molecule has 1 aromatic carbocycles. The van der Waals surface area contributed by atoms with Gasteiger partial charge in [0.1, 0.15) is 0 Å². The van der Waals surface area contributed by atoms with Gasteiger partial charge in [0.25, 0.3) is 0 Å². The van der Waals surface area contributed by atoms with Crippen LogP contribution in [0.5, 0.6) is 5.88 Å². The summed E-state index contributed by atoms with van der Waals surface area (Å²) in [6.07, 6.45) is -4.33. The molecular formula is C18H21F3N4O. The zero-order valence-electron chi connectivity index (χ0n) is 14.6. The maximum Gasteiger partial charge on any atom is 0.416 e. The van der Waals surface area contributed by atoms with E-state index >= 15 is 0 Å². The van der Waals surface area contributed by atoms with Gasteiger partial charge in [0.15, 0.2) is 5.96 Å². The lowest BCUT2D eigenvalue weighted by Gasteiger charge is -2.12. The lowest BCUT2D eigenvalue weighted by molar-refractivity contribution is -0.137. The van der Waals surface area contributed by atoms with Crippen molar-refractivity contribution in [3.63, 3.8) is 0 Å². The number of aromatic nitrogens is 1. The number of nitrogens with one attached hydrogen (secondary N) is 2. The zero-order valence-corrected chi connectivity index (χ0v) is 14.6. The molecule has 0 aliphatic rings. The molecule has 5 nitrogen and oxygen atoms in total. The minimum atomic E-state index is -4.33. The van der Waals surface area contributed by atoms with Crippen molar-refractivity contribution in [3.05, 3.63) is 59.3 Å². The van der Waals surface area contributed by atoms with Crippen LogP contribution in [0, 0.1) is 0 Å². The van der Waals surface area contributed by atoms with Crippen LogP contribution in [0.2, 0.25) is 0 Å². The molecule has 2 rings (SSSR count). The first-order valence-corrected chi connectivity index (χ1v) is 8.10. The molecule has 0 saturated carbocycles. The second-order valence-electron chi connectivity index (χ2n) is 5.41. The average molecular weight is 366 g/mol. The maximum atomic E-state index is 12.6. The van der Waals surface area contributed by atoms with Crippen molar-refractivity contribution < 1.29 is 17.9 Å². The van der Waals surface area contributed by atoms with Gasteiger partial charge < -0.3 is 15.4 Å². The minimum Gasteiger partial charge on any atom is -0.481 e. The minimum absolute atomic E-state index is 0.263. The van der Waals surface area contributed by atoms with Crippen molar-refractivity contribution >= 4 is 5.96 Å². The maximum absolute atomic E-state index is 12.6. The molecule has 0 aliphatic carbocycles. The molecule has 1 heterocycles. The molecule has 0 radical (unpaired) electrons. The van der Waals surface area contributed by atoms with E-state index in [2.05, 4.69) is 20.6 Å². The van der Waals surface area contributed by atoms with Crippen molar-refractivity contribution in [2.75, 3.05) is 13.7 Å². The number of pyridine rings is 1. The number of alkyl halides is 3. The summed E-state index contributed by atoms with van der Waals surface area (Å²) in [4.78, 5) is 8.69. The molecule has 2 aromatic rings. The molecule has 140 valence electrons. The van der Waals surface area contributed by atoms with Crippen LogP contribution in [0.25, 0.3) is 0 Å². The van der Waals surface area contributed by atoms with Crippen molar-refractivity contribution in [1.29, 1.82) is 0 Å². The number of hydrogen-bond donors (Lipinski definition) is 2. The summed E-state index contributed by atoms with van der Waals surface area (Å²) in [5, 5.41) is 6.22. The molecular weight excluding hydrogens is 345 g/mol. The van der Waals surface area contributed by atoms with Gasteiger partial charge in [0, 0.05) is 12.6 Å². The molecule has 0 unspecified atom stereocenters. The number of ether oxygens (including phenoxy) is 1. The summed E-state index contributed by atoms with van der Waals surface area (Å²) >= 11 is 0. The fourth-order valence-corrected chi connectivity index (χ4v) is 2.16. The number of hydrogen-bond acceptors (Lipinski definition) is 3. The molecule has 0 bridgehead atoms. The van der Waals surface area contributed by atoms with Crippen LogP contribution in [0.1, 0.15) is 23.7 Å². The van der Waals surface area contributed by atoms with Crippen LogP contribution in [0.3, 0.4) is 0 Å². The third kappa shape index (κ3) is 5.94. The number of methoxy groups -OCH3 is 1. The molecule has 0 aliphatic heterocycles. The first kappa shape index (κ1) is 19.6. The van der Waals surface area contributed by atoms with Gasteiger partial charge in [-0.2, -0.15) is 13.2 Å². The topological polar surface area (TPSA) is 58.5 Å². The molecule has 0 amide bonds. The van der Waals surface area contributed by atoms with Gasteiger partial charge in [-0.15, -0.1) is 0 Å². The quantitative estimate of drug-likeness (QED) is 0.608. The smallest absolute Gasteiger partial charge is 0.416 e. The van der Waals surface area contributed by atoms with Gasteiger partial charge in [0.05, 0.1) is 31.5 Å². The lowest BCUT2D eigenvalue weighted by atomic mass is 10.1. The molecule has 0 saturated heterocycles. The Bertz CT molecular complexity index is 730. The molecule has 0 atom stereocenters. The highest BCUT2D eigenvalue weighted by Crippen LogP contribution is 2.29. The molecule has 8 heteroatoms. The molecule has 1 aromatic heterocycles. The Labute approximate surface area is 150 Å². The van der Waals surface area contributed by atoms with Crippen LogP contribution < -0.4 is 15.4 Å². The van der Waals surface area contributed by atoms with E-state index in [1.54, 1.807) is 13.2 Å². The highest BCUT2D eigenvalue weighted by molar-refractivity contribution is 5.79. The monoisotopic (exact) mass is 366 g/mol. The molecule has 0 spiro atoms. The van der Waals surface area contributed by atoms with Crippen LogP contribution >= 0.6 is 0 Å². The predicted molar refractivity (Wildman–Crippen MR) is 93.9 cm³/mol. The van der Waals surface area contributed by atoms with Crippen LogP contribution in [-0.2, 0) is 19.3 Å². The van der Waals surface area contributed by atoms with Crippen molar-refractivity contribution in [3.8, 4) is 5.88 Å². The van der Waals surface area contributed by atoms with E-state index in [0.29, 0.717) is 30.5 Å². The summed E-state index contributed by atoms with van der Waals surface area (Å²) in [5.41, 5.74) is 0.804. The number of halogens is 3. The molecule has 2 N–H and O–H groups in total. The predicted octanol–water partition coefficient (Wildman–Crippen LogP) is 3.36. The summed E-state index contributed by atoms with van der Waals surface area (Å²) < 4.78 is 42.8. The Morgan fingerprint density at radius 1 is 1.12 bits per heavy atom. The summed E-state index contributed by atoms with van der Waals surface area (Å²) in [6, 6.07) is 10.4. The highest BCUT2D eigenvalue weighted by Gasteiger charge is 2.29. The third-order valence-electron chi connectivity index (χ3n) is 3.47. The van der Waals surface area contributed by atoms with Gasteiger partial charge in [0.2, 0.25) is 5.88 Å². The first-order valence-electron chi connectivity index (χ1n) is 8.10. The second kappa shape index (κ2) is 9.07. The van der Waals surface area contributed by atoms with Gasteiger partial charge in [-0.3, -0.25) is 0 Å². The number of rotatable bonds is 6. The van der Waals surface area contributed by atoms with Crippen molar-refractivity contribution in [2.45, 2.75) is 26.2 Å². The van der Waals surface area contributed by atoms with E-state index in [1.165, 1.54) is 12.1 Å². The van der Waals surface area contributed by atoms with Gasteiger partial charge in [-0.05, 0) is 30.7 Å². The average Bonchev–Trinajstić information content (AvgIpc) is 2.64. The van der Waals surface area contributed by atoms with Crippen LogP contribution in [0.4, 0.5) is 13.2 Å². The normalized spacial score (nSPS) is 12.0. The van der Waals surface area contributed by atoms with Gasteiger partial charge in [-0.1, -0.05) is 18.2 Å². The van der Waals surface area contributed by atoms with Gasteiger partial charge in [-0.25, -0.2) is 9.98 Å². The zero-order chi connectivity index (χ0) is 19.0. The van der Waals surface area contributed by atoms with Gasteiger partial charge >= 0.3 is 6.18 Å². The third-order valence-corrected chi connectivity index (χ3v) is 3.47. The van der Waals surface area contributed by atoms with E-state index in [4.69, 9.17) is 4.74 Å². The van der Waals surface area contributed by atoms with Crippen molar-refractivity contribution in [2.24, 2.45) is 4.99 Å². The standard InChI is InChI=1S/C18H21F3N4O/c1-3-22-17(24-12-15-5-4-6-16(25-15)26-2)23-11-13-7-9-14(10-8-13)18(19,20)21/h4-10H,3,11-12H2,1-2H3,(H2,22,23,24). The molecule has 0 fully saturated rings. The number of aliphatic imine (C=N–C) groups is 1. The lowest BCUT2D eigenvalue weighted by Crippen LogP contribution is -2.37. The van der Waals surface area contributed by atoms with E-state index in [0.717, 1.165) is 17.8 Å². The van der Waals surface area contributed by atoms with E-state index in [9.17, 15) is 13.2 Å². The fourth-order valence-electron chi connectivity index (χ4n) is 2.16. The van der Waals surface area contributed by atoms with E-state index < -0.39 is 11.7 Å². The molecule has 26 heavy (non-hydrogen) atoms. The summed E-state index contributed by atoms with van der Waals surface area (Å²) in [7, 11) is 1.55. The Balaban J connectivity index is 1.99. The SMILES string of the molecule is CCNC(=NCc1ccc(C(F)(F)F)cc1)NCc1cccc(OC)n1. The number of nitrogens with zero attached hydrogens (tertiary/aromatic N) is 2. The van der Waals surface area contributed by atoms with Crippen LogP contribution in [-0.4, -0.2) is 24.6 Å². The number of benzene rings is 1. The summed E-state index contributed by atoms with van der Waals surface area (Å²) in [6.45, 7) is 3.29. The van der Waals surface area contributed by atoms with Crippen molar-refractivity contribution in [1.82, 2.24) is 15.6 Å². The largest absolute Gasteiger partial charge is 0.481 e. The van der Waals surface area contributed by atoms with E-state index in [-0.39, 0.29) is 6.54 Å². The first-order chi connectivity index (χ1) is 12.4. The van der Waals surface area contributed by atoms with Crippen LogP contribution in [0.15, 0.2) is 47.5 Å². The fraction of sp³-hybridized carbons (Fsp3) is 0.333. The Morgan fingerprint density at radius 2 is 1.85 bits per heavy atom. The van der Waals surface area contributed by atoms with E-state index in [1.807, 2.05) is 19.1 Å². The highest BCUT2D eigenvalue weighted by atomic mass is 19.4. The second-order valence-corrected chi connectivity index (χ2v) is 5.41. The Kier molecular flexibility index (Phi) is 6.82.